The Morgan fingerprint density at radius 3 is 2.75 bits per heavy atom. The van der Waals surface area contributed by atoms with E-state index in [-0.39, 0.29) is 11.9 Å². The third kappa shape index (κ3) is 4.07. The molecule has 0 radical (unpaired) electrons. The third-order valence-corrected chi connectivity index (χ3v) is 7.11. The largest absolute Gasteiger partial charge is 0.481 e. The lowest BCUT2D eigenvalue weighted by Gasteiger charge is -2.34. The molecule has 2 saturated heterocycles. The Morgan fingerprint density at radius 1 is 1.17 bits per heavy atom. The molecule has 1 N–H and O–H groups in total. The van der Waals surface area contributed by atoms with Gasteiger partial charge in [-0.1, -0.05) is 0 Å². The first-order chi connectivity index (χ1) is 17.3. The Kier molecular flexibility index (Phi) is 5.40. The SMILES string of the molecule is CC1CCC(=O)N1c1ccc2c(c1)OC(C)(C)c1nc(Nc3cncc(CN4CC(F)C4)c3)ncc1-2. The van der Waals surface area contributed by atoms with E-state index in [1.165, 1.54) is 0 Å². The number of benzene rings is 1. The van der Waals surface area contributed by atoms with Crippen molar-refractivity contribution in [3.05, 3.63) is 54.1 Å². The molecular formula is C27H29FN6O2. The normalized spacial score (nSPS) is 20.9. The summed E-state index contributed by atoms with van der Waals surface area (Å²) in [4.78, 5) is 30.0. The average Bonchev–Trinajstić information content (AvgIpc) is 3.16. The van der Waals surface area contributed by atoms with Crippen LogP contribution in [0.25, 0.3) is 11.1 Å². The van der Waals surface area contributed by atoms with Crippen molar-refractivity contribution < 1.29 is 13.9 Å². The van der Waals surface area contributed by atoms with Crippen LogP contribution in [0.5, 0.6) is 5.75 Å². The Morgan fingerprint density at radius 2 is 2.00 bits per heavy atom. The number of aromatic nitrogens is 3. The molecule has 3 aliphatic rings. The van der Waals surface area contributed by atoms with Gasteiger partial charge in [0.2, 0.25) is 11.9 Å². The van der Waals surface area contributed by atoms with Gasteiger partial charge in [0, 0.05) is 67.4 Å². The second kappa shape index (κ2) is 8.51. The first-order valence-electron chi connectivity index (χ1n) is 12.4. The highest BCUT2D eigenvalue weighted by Crippen LogP contribution is 2.46. The maximum atomic E-state index is 13.1. The summed E-state index contributed by atoms with van der Waals surface area (Å²) in [6.45, 7) is 7.64. The number of nitrogens with one attached hydrogen (secondary N) is 1. The Bertz CT molecular complexity index is 1340. The number of ether oxygens (including phenoxy) is 1. The van der Waals surface area contributed by atoms with Gasteiger partial charge in [0.1, 0.15) is 17.5 Å². The van der Waals surface area contributed by atoms with Gasteiger partial charge >= 0.3 is 0 Å². The van der Waals surface area contributed by atoms with Crippen LogP contribution in [0.2, 0.25) is 0 Å². The molecular weight excluding hydrogens is 459 g/mol. The van der Waals surface area contributed by atoms with Gasteiger partial charge in [-0.05, 0) is 51.0 Å². The zero-order chi connectivity index (χ0) is 25.0. The molecule has 0 spiro atoms. The molecule has 0 saturated carbocycles. The van der Waals surface area contributed by atoms with Crippen LogP contribution in [-0.2, 0) is 16.9 Å². The summed E-state index contributed by atoms with van der Waals surface area (Å²) in [6, 6.07) is 8.07. The van der Waals surface area contributed by atoms with Gasteiger partial charge in [-0.15, -0.1) is 0 Å². The summed E-state index contributed by atoms with van der Waals surface area (Å²) in [6.07, 6.45) is 6.05. The van der Waals surface area contributed by atoms with Crippen molar-refractivity contribution in [2.24, 2.45) is 0 Å². The number of hydrogen-bond acceptors (Lipinski definition) is 7. The first kappa shape index (κ1) is 22.8. The molecule has 5 heterocycles. The minimum absolute atomic E-state index is 0.145. The van der Waals surface area contributed by atoms with E-state index >= 15 is 0 Å². The molecule has 8 nitrogen and oxygen atoms in total. The number of halogens is 1. The molecule has 3 aliphatic heterocycles. The van der Waals surface area contributed by atoms with Gasteiger partial charge in [0.05, 0.1) is 17.6 Å². The molecule has 1 unspecified atom stereocenters. The highest BCUT2D eigenvalue weighted by molar-refractivity contribution is 5.97. The smallest absolute Gasteiger partial charge is 0.227 e. The minimum Gasteiger partial charge on any atom is -0.481 e. The van der Waals surface area contributed by atoms with E-state index in [9.17, 15) is 9.18 Å². The minimum atomic E-state index is -0.725. The van der Waals surface area contributed by atoms with Gasteiger partial charge in [-0.2, -0.15) is 0 Å². The van der Waals surface area contributed by atoms with Crippen molar-refractivity contribution in [2.75, 3.05) is 23.3 Å². The Labute approximate surface area is 209 Å². The second-order valence-electron chi connectivity index (χ2n) is 10.4. The predicted molar refractivity (Wildman–Crippen MR) is 135 cm³/mol. The van der Waals surface area contributed by atoms with E-state index in [1.807, 2.05) is 54.1 Å². The highest BCUT2D eigenvalue weighted by atomic mass is 19.1. The van der Waals surface area contributed by atoms with Crippen LogP contribution in [0.15, 0.2) is 42.9 Å². The molecule has 6 rings (SSSR count). The van der Waals surface area contributed by atoms with Gasteiger partial charge in [-0.3, -0.25) is 14.7 Å². The van der Waals surface area contributed by atoms with Crippen LogP contribution in [-0.4, -0.2) is 51.1 Å². The average molecular weight is 489 g/mol. The summed E-state index contributed by atoms with van der Waals surface area (Å²) >= 11 is 0. The molecule has 1 atom stereocenters. The van der Waals surface area contributed by atoms with E-state index in [0.717, 1.165) is 45.9 Å². The lowest BCUT2D eigenvalue weighted by Crippen LogP contribution is -2.47. The number of fused-ring (bicyclic) bond motifs is 3. The van der Waals surface area contributed by atoms with Crippen molar-refractivity contribution in [3.8, 4) is 16.9 Å². The molecule has 2 aromatic heterocycles. The van der Waals surface area contributed by atoms with Crippen LogP contribution >= 0.6 is 0 Å². The van der Waals surface area contributed by atoms with Crippen LogP contribution in [0.3, 0.4) is 0 Å². The predicted octanol–water partition coefficient (Wildman–Crippen LogP) is 4.58. The molecule has 9 heteroatoms. The maximum absolute atomic E-state index is 13.1. The summed E-state index contributed by atoms with van der Waals surface area (Å²) in [5, 5.41) is 3.25. The number of amides is 1. The quantitative estimate of drug-likeness (QED) is 0.563. The van der Waals surface area contributed by atoms with E-state index < -0.39 is 11.8 Å². The van der Waals surface area contributed by atoms with Crippen LogP contribution in [0.1, 0.15) is 44.9 Å². The van der Waals surface area contributed by atoms with Crippen molar-refractivity contribution in [1.82, 2.24) is 19.9 Å². The number of hydrogen-bond donors (Lipinski definition) is 1. The number of pyridine rings is 1. The topological polar surface area (TPSA) is 83.5 Å². The fourth-order valence-corrected chi connectivity index (χ4v) is 5.28. The molecule has 3 aromatic rings. The molecule has 36 heavy (non-hydrogen) atoms. The maximum Gasteiger partial charge on any atom is 0.227 e. The number of carbonyl (C=O) groups is 1. The molecule has 1 aromatic carbocycles. The van der Waals surface area contributed by atoms with E-state index in [4.69, 9.17) is 9.72 Å². The number of nitrogens with zero attached hydrogens (tertiary/aromatic N) is 5. The van der Waals surface area contributed by atoms with Gasteiger partial charge < -0.3 is 15.0 Å². The number of rotatable bonds is 5. The fraction of sp³-hybridized carbons (Fsp3) is 0.407. The fourth-order valence-electron chi connectivity index (χ4n) is 5.28. The van der Waals surface area contributed by atoms with E-state index in [0.29, 0.717) is 32.0 Å². The van der Waals surface area contributed by atoms with Gasteiger partial charge in [-0.25, -0.2) is 14.4 Å². The molecule has 186 valence electrons. The summed E-state index contributed by atoms with van der Waals surface area (Å²) in [7, 11) is 0. The zero-order valence-electron chi connectivity index (χ0n) is 20.7. The Hall–Kier alpha value is -3.59. The van der Waals surface area contributed by atoms with E-state index in [1.54, 1.807) is 12.4 Å². The van der Waals surface area contributed by atoms with Gasteiger partial charge in [0.15, 0.2) is 0 Å². The molecule has 2 fully saturated rings. The number of likely N-dealkylation sites (tertiary alicyclic amines) is 1. The zero-order valence-corrected chi connectivity index (χ0v) is 20.7. The van der Waals surface area contributed by atoms with E-state index in [2.05, 4.69) is 22.2 Å². The summed E-state index contributed by atoms with van der Waals surface area (Å²) < 4.78 is 19.5. The molecule has 0 bridgehead atoms. The van der Waals surface area contributed by atoms with Crippen molar-refractivity contribution in [3.63, 3.8) is 0 Å². The summed E-state index contributed by atoms with van der Waals surface area (Å²) in [5.74, 6) is 1.32. The third-order valence-electron chi connectivity index (χ3n) is 7.11. The number of alkyl halides is 1. The Balaban J connectivity index is 1.27. The van der Waals surface area contributed by atoms with Gasteiger partial charge in [0.25, 0.3) is 0 Å². The monoisotopic (exact) mass is 488 g/mol. The first-order valence-corrected chi connectivity index (χ1v) is 12.4. The molecule has 0 aliphatic carbocycles. The number of carbonyl (C=O) groups excluding carboxylic acids is 1. The molecule has 1 amide bonds. The van der Waals surface area contributed by atoms with Crippen molar-refractivity contribution in [1.29, 1.82) is 0 Å². The lowest BCUT2D eigenvalue weighted by molar-refractivity contribution is -0.117. The standard InChI is InChI=1S/C27H29FN6O2/c1-16-4-7-24(35)34(16)20-5-6-21-22-12-30-26(32-25(22)27(2,3)36-23(21)9-20)31-19-8-17(10-29-11-19)13-33-14-18(28)15-33/h5-6,8-12,16,18H,4,7,13-15H2,1-3H3,(H,30,31,32). The van der Waals surface area contributed by atoms with Crippen molar-refractivity contribution >= 4 is 23.2 Å². The highest BCUT2D eigenvalue weighted by Gasteiger charge is 2.36. The van der Waals surface area contributed by atoms with Crippen molar-refractivity contribution in [2.45, 2.75) is 58.0 Å². The number of anilines is 3. The second-order valence-corrected chi connectivity index (χ2v) is 10.4. The van der Waals surface area contributed by atoms with Crippen LogP contribution in [0.4, 0.5) is 21.7 Å². The summed E-state index contributed by atoms with van der Waals surface area (Å²) in [5.41, 5.74) is 4.53. The lowest BCUT2D eigenvalue weighted by atomic mass is 9.91. The van der Waals surface area contributed by atoms with Crippen LogP contribution in [0, 0.1) is 0 Å². The van der Waals surface area contributed by atoms with Crippen LogP contribution < -0.4 is 15.0 Å².